The Hall–Kier alpha value is -0.120. The average Bonchev–Trinajstić information content (AvgIpc) is 3.09. The summed E-state index contributed by atoms with van der Waals surface area (Å²) in [6, 6.07) is 0. The van der Waals surface area contributed by atoms with Gasteiger partial charge in [-0.05, 0) is 58.0 Å². The molecule has 0 saturated carbocycles. The van der Waals surface area contributed by atoms with E-state index < -0.39 is 0 Å². The molecule has 2 aromatic heterocycles. The van der Waals surface area contributed by atoms with Gasteiger partial charge >= 0.3 is 0 Å². The minimum Gasteiger partial charge on any atom is -0.272 e. The van der Waals surface area contributed by atoms with Crippen LogP contribution in [-0.2, 0) is 13.1 Å². The van der Waals surface area contributed by atoms with E-state index in [1.807, 2.05) is 12.4 Å². The van der Waals surface area contributed by atoms with Crippen molar-refractivity contribution in [1.82, 2.24) is 19.6 Å². The third-order valence-corrected chi connectivity index (χ3v) is 4.84. The van der Waals surface area contributed by atoms with Crippen molar-refractivity contribution in [1.29, 1.82) is 0 Å². The molecule has 22 heavy (non-hydrogen) atoms. The van der Waals surface area contributed by atoms with Crippen molar-refractivity contribution in [3.05, 3.63) is 31.9 Å². The molecular weight excluding hydrogens is 502 g/mol. The third kappa shape index (κ3) is 7.43. The molecule has 2 rings (SSSR count). The van der Waals surface area contributed by atoms with Crippen LogP contribution in [0.1, 0.15) is 51.4 Å². The fourth-order valence-corrected chi connectivity index (χ4v) is 3.42. The highest BCUT2D eigenvalue weighted by Gasteiger charge is 1.97. The summed E-state index contributed by atoms with van der Waals surface area (Å²) in [4.78, 5) is 0. The highest BCUT2D eigenvalue weighted by molar-refractivity contribution is 14.1. The molecular formula is C16H24I2N4. The Morgan fingerprint density at radius 1 is 0.636 bits per heavy atom. The highest BCUT2D eigenvalue weighted by Crippen LogP contribution is 2.11. The zero-order chi connectivity index (χ0) is 15.6. The summed E-state index contributed by atoms with van der Waals surface area (Å²) in [5, 5.41) is 8.62. The molecule has 0 radical (unpaired) electrons. The second kappa shape index (κ2) is 10.6. The smallest absolute Gasteiger partial charge is 0.0623 e. The Labute approximate surface area is 160 Å². The fourth-order valence-electron chi connectivity index (χ4n) is 2.53. The Balaban J connectivity index is 1.37. The molecule has 4 nitrogen and oxygen atoms in total. The molecule has 0 saturated heterocycles. The standard InChI is InChI=1S/C16H24I2N4/c17-15-11-19-21(13-15)9-7-5-3-1-2-4-6-8-10-22-14-16(18)12-20-22/h11-14H,1-10H2. The number of hydrogen-bond acceptors (Lipinski definition) is 2. The number of aryl methyl sites for hydroxylation is 2. The van der Waals surface area contributed by atoms with Crippen molar-refractivity contribution in [2.24, 2.45) is 0 Å². The molecule has 0 unspecified atom stereocenters. The van der Waals surface area contributed by atoms with Gasteiger partial charge in [-0.25, -0.2) is 0 Å². The molecule has 122 valence electrons. The van der Waals surface area contributed by atoms with E-state index in [0.29, 0.717) is 0 Å². The van der Waals surface area contributed by atoms with E-state index in [2.05, 4.69) is 77.1 Å². The minimum atomic E-state index is 1.06. The molecule has 2 heterocycles. The monoisotopic (exact) mass is 526 g/mol. The van der Waals surface area contributed by atoms with Crippen LogP contribution in [0.3, 0.4) is 0 Å². The van der Waals surface area contributed by atoms with Gasteiger partial charge in [0.25, 0.3) is 0 Å². The molecule has 0 aliphatic rings. The fraction of sp³-hybridized carbons (Fsp3) is 0.625. The van der Waals surface area contributed by atoms with Gasteiger partial charge in [0.15, 0.2) is 0 Å². The van der Waals surface area contributed by atoms with Crippen LogP contribution >= 0.6 is 45.2 Å². The summed E-state index contributed by atoms with van der Waals surface area (Å²) < 4.78 is 6.56. The zero-order valence-electron chi connectivity index (χ0n) is 12.9. The maximum absolute atomic E-state index is 4.31. The summed E-state index contributed by atoms with van der Waals surface area (Å²) in [5.41, 5.74) is 0. The largest absolute Gasteiger partial charge is 0.272 e. The van der Waals surface area contributed by atoms with E-state index in [-0.39, 0.29) is 0 Å². The molecule has 0 aromatic carbocycles. The first-order valence-electron chi connectivity index (χ1n) is 8.10. The average molecular weight is 526 g/mol. The van der Waals surface area contributed by atoms with Crippen molar-refractivity contribution in [2.75, 3.05) is 0 Å². The van der Waals surface area contributed by atoms with Crippen molar-refractivity contribution >= 4 is 45.2 Å². The van der Waals surface area contributed by atoms with Gasteiger partial charge in [0.05, 0.1) is 19.5 Å². The quantitative estimate of drug-likeness (QED) is 0.302. The van der Waals surface area contributed by atoms with Gasteiger partial charge in [-0.2, -0.15) is 10.2 Å². The van der Waals surface area contributed by atoms with Crippen molar-refractivity contribution in [3.8, 4) is 0 Å². The van der Waals surface area contributed by atoms with Gasteiger partial charge in [0.1, 0.15) is 0 Å². The summed E-state index contributed by atoms with van der Waals surface area (Å²) in [5.74, 6) is 0. The predicted octanol–water partition coefficient (Wildman–Crippen LogP) is 5.11. The summed E-state index contributed by atoms with van der Waals surface area (Å²) in [6.45, 7) is 2.12. The summed E-state index contributed by atoms with van der Waals surface area (Å²) in [7, 11) is 0. The second-order valence-corrected chi connectivity index (χ2v) is 8.16. The Morgan fingerprint density at radius 2 is 1.00 bits per heavy atom. The topological polar surface area (TPSA) is 35.6 Å². The van der Waals surface area contributed by atoms with Crippen LogP contribution < -0.4 is 0 Å². The van der Waals surface area contributed by atoms with E-state index in [9.17, 15) is 0 Å². The maximum Gasteiger partial charge on any atom is 0.0623 e. The number of rotatable bonds is 11. The lowest BCUT2D eigenvalue weighted by molar-refractivity contribution is 0.502. The normalized spacial score (nSPS) is 11.2. The first-order valence-corrected chi connectivity index (χ1v) is 10.3. The summed E-state index contributed by atoms with van der Waals surface area (Å²) >= 11 is 4.61. The second-order valence-electron chi connectivity index (χ2n) is 5.67. The predicted molar refractivity (Wildman–Crippen MR) is 107 cm³/mol. The van der Waals surface area contributed by atoms with E-state index >= 15 is 0 Å². The molecule has 0 spiro atoms. The molecule has 0 fully saturated rings. The van der Waals surface area contributed by atoms with Gasteiger partial charge in [-0.15, -0.1) is 0 Å². The lowest BCUT2D eigenvalue weighted by Gasteiger charge is -2.03. The SMILES string of the molecule is Ic1cnn(CCCCCCCCCCn2cc(I)cn2)c1. The molecule has 0 N–H and O–H groups in total. The molecule has 0 atom stereocenters. The maximum atomic E-state index is 4.31. The van der Waals surface area contributed by atoms with Gasteiger partial charge in [0.2, 0.25) is 0 Å². The van der Waals surface area contributed by atoms with Crippen molar-refractivity contribution in [3.63, 3.8) is 0 Å². The lowest BCUT2D eigenvalue weighted by atomic mass is 10.1. The lowest BCUT2D eigenvalue weighted by Crippen LogP contribution is -1.98. The van der Waals surface area contributed by atoms with Crippen LogP contribution in [0.15, 0.2) is 24.8 Å². The van der Waals surface area contributed by atoms with Gasteiger partial charge < -0.3 is 0 Å². The Morgan fingerprint density at radius 3 is 1.32 bits per heavy atom. The number of nitrogens with zero attached hydrogens (tertiary/aromatic N) is 4. The molecule has 0 amide bonds. The van der Waals surface area contributed by atoms with Crippen LogP contribution in [0, 0.1) is 7.14 Å². The number of aromatic nitrogens is 4. The first-order chi connectivity index (χ1) is 10.7. The Bertz CT molecular complexity index is 487. The van der Waals surface area contributed by atoms with Crippen LogP contribution in [0.5, 0.6) is 0 Å². The number of hydrogen-bond donors (Lipinski definition) is 0. The van der Waals surface area contributed by atoms with E-state index in [0.717, 1.165) is 13.1 Å². The highest BCUT2D eigenvalue weighted by atomic mass is 127. The van der Waals surface area contributed by atoms with E-state index in [1.54, 1.807) is 0 Å². The Kier molecular flexibility index (Phi) is 8.79. The molecule has 0 aliphatic carbocycles. The minimum absolute atomic E-state index is 1.06. The van der Waals surface area contributed by atoms with Crippen molar-refractivity contribution < 1.29 is 0 Å². The summed E-state index contributed by atoms with van der Waals surface area (Å²) in [6.07, 6.45) is 18.7. The molecule has 6 heteroatoms. The molecule has 0 aliphatic heterocycles. The zero-order valence-corrected chi connectivity index (χ0v) is 17.2. The number of unbranched alkanes of at least 4 members (excludes halogenated alkanes) is 7. The molecule has 2 aromatic rings. The van der Waals surface area contributed by atoms with E-state index in [4.69, 9.17) is 0 Å². The van der Waals surface area contributed by atoms with Crippen molar-refractivity contribution in [2.45, 2.75) is 64.5 Å². The van der Waals surface area contributed by atoms with Gasteiger partial charge in [-0.3, -0.25) is 9.36 Å². The van der Waals surface area contributed by atoms with E-state index in [1.165, 1.54) is 58.5 Å². The van der Waals surface area contributed by atoms with Gasteiger partial charge in [-0.1, -0.05) is 38.5 Å². The van der Waals surface area contributed by atoms with Crippen LogP contribution in [0.2, 0.25) is 0 Å². The third-order valence-electron chi connectivity index (χ3n) is 3.73. The van der Waals surface area contributed by atoms with Crippen LogP contribution in [-0.4, -0.2) is 19.6 Å². The van der Waals surface area contributed by atoms with Crippen LogP contribution in [0.4, 0.5) is 0 Å². The first kappa shape index (κ1) is 18.2. The van der Waals surface area contributed by atoms with Gasteiger partial charge in [0, 0.05) is 25.5 Å². The molecule has 0 bridgehead atoms. The van der Waals surface area contributed by atoms with Crippen LogP contribution in [0.25, 0.3) is 0 Å². The number of halogens is 2.